The zero-order chi connectivity index (χ0) is 14.5. The molecule has 0 amide bonds. The Kier molecular flexibility index (Phi) is 5.59. The molecule has 0 atom stereocenters. The number of carbonyl (C=O) groups is 1. The Balaban J connectivity index is 2.78. The normalized spacial score (nSPS) is 11.6. The van der Waals surface area contributed by atoms with Gasteiger partial charge in [-0.3, -0.25) is 4.79 Å². The third kappa shape index (κ3) is 5.06. The molecule has 2 nitrogen and oxygen atoms in total. The Morgan fingerprint density at radius 2 is 1.84 bits per heavy atom. The van der Waals surface area contributed by atoms with Gasteiger partial charge in [-0.2, -0.15) is 0 Å². The molecule has 1 N–H and O–H groups in total. The van der Waals surface area contributed by atoms with E-state index in [9.17, 15) is 4.79 Å². The van der Waals surface area contributed by atoms with Crippen LogP contribution >= 0.6 is 0 Å². The summed E-state index contributed by atoms with van der Waals surface area (Å²) in [4.78, 5) is 10.8. The Labute approximate surface area is 116 Å². The van der Waals surface area contributed by atoms with Crippen molar-refractivity contribution in [3.05, 3.63) is 34.9 Å². The quantitative estimate of drug-likeness (QED) is 0.797. The van der Waals surface area contributed by atoms with E-state index < -0.39 is 5.97 Å². The minimum absolute atomic E-state index is 0.140. The van der Waals surface area contributed by atoms with Crippen molar-refractivity contribution in [1.29, 1.82) is 0 Å². The highest BCUT2D eigenvalue weighted by molar-refractivity contribution is 5.67. The summed E-state index contributed by atoms with van der Waals surface area (Å²) < 4.78 is 0. The molecule has 106 valence electrons. The predicted molar refractivity (Wildman–Crippen MR) is 79.6 cm³/mol. The maximum absolute atomic E-state index is 10.8. The second kappa shape index (κ2) is 6.74. The number of aryl methyl sites for hydroxylation is 3. The summed E-state index contributed by atoms with van der Waals surface area (Å²) in [6.07, 6.45) is 4.22. The number of aliphatic carboxylic acids is 1. The summed E-state index contributed by atoms with van der Waals surface area (Å²) in [5, 5.41) is 8.93. The molecule has 0 radical (unpaired) electrons. The minimum atomic E-state index is -0.706. The molecule has 0 saturated heterocycles. The number of carboxylic acids is 1. The van der Waals surface area contributed by atoms with E-state index in [0.717, 1.165) is 25.7 Å². The number of carboxylic acid groups (broad SMARTS) is 1. The average Bonchev–Trinajstić information content (AvgIpc) is 2.34. The van der Waals surface area contributed by atoms with Crippen LogP contribution in [-0.4, -0.2) is 11.1 Å². The molecular weight excluding hydrogens is 236 g/mol. The molecule has 1 rings (SSSR count). The summed E-state index contributed by atoms with van der Waals surface area (Å²) in [5.74, 6) is -0.706. The van der Waals surface area contributed by atoms with E-state index in [1.165, 1.54) is 16.7 Å². The molecule has 0 fully saturated rings. The molecule has 0 heterocycles. The molecule has 1 aromatic rings. The van der Waals surface area contributed by atoms with Gasteiger partial charge < -0.3 is 5.11 Å². The zero-order valence-electron chi connectivity index (χ0n) is 12.6. The van der Waals surface area contributed by atoms with Gasteiger partial charge in [0.2, 0.25) is 0 Å². The van der Waals surface area contributed by atoms with E-state index in [1.807, 2.05) is 13.8 Å². The van der Waals surface area contributed by atoms with Gasteiger partial charge in [0.1, 0.15) is 0 Å². The van der Waals surface area contributed by atoms with Crippen LogP contribution in [0.25, 0.3) is 0 Å². The van der Waals surface area contributed by atoms with Crippen LogP contribution in [-0.2, 0) is 24.1 Å². The molecule has 0 aliphatic heterocycles. The number of hydrogen-bond donors (Lipinski definition) is 1. The van der Waals surface area contributed by atoms with E-state index in [-0.39, 0.29) is 11.8 Å². The van der Waals surface area contributed by atoms with Crippen LogP contribution in [0.4, 0.5) is 0 Å². The van der Waals surface area contributed by atoms with Crippen LogP contribution in [0.3, 0.4) is 0 Å². The smallest absolute Gasteiger partial charge is 0.303 e. The monoisotopic (exact) mass is 262 g/mol. The molecule has 0 saturated carbocycles. The standard InChI is InChI=1S/C17H26O2/c1-5-13-7-8-14(6-2)15(11-13)9-10-17(3,4)12-16(18)19/h7-8,11H,5-6,9-10,12H2,1-4H3,(H,18,19). The Hall–Kier alpha value is -1.31. The maximum Gasteiger partial charge on any atom is 0.303 e. The average molecular weight is 262 g/mol. The molecule has 1 aromatic carbocycles. The van der Waals surface area contributed by atoms with Crippen LogP contribution in [0.1, 0.15) is 57.2 Å². The van der Waals surface area contributed by atoms with Crippen LogP contribution in [0, 0.1) is 5.41 Å². The van der Waals surface area contributed by atoms with Gasteiger partial charge in [0.05, 0.1) is 6.42 Å². The Morgan fingerprint density at radius 3 is 2.37 bits per heavy atom. The second-order valence-electron chi connectivity index (χ2n) is 6.04. The van der Waals surface area contributed by atoms with Gasteiger partial charge in [-0.05, 0) is 47.8 Å². The minimum Gasteiger partial charge on any atom is -0.481 e. The predicted octanol–water partition coefficient (Wildman–Crippen LogP) is 4.24. The lowest BCUT2D eigenvalue weighted by Crippen LogP contribution is -2.18. The number of rotatable bonds is 7. The summed E-state index contributed by atoms with van der Waals surface area (Å²) in [5.41, 5.74) is 4.01. The van der Waals surface area contributed by atoms with Gasteiger partial charge in [0.25, 0.3) is 0 Å². The van der Waals surface area contributed by atoms with Gasteiger partial charge in [-0.1, -0.05) is 45.9 Å². The first-order valence-corrected chi connectivity index (χ1v) is 7.20. The molecule has 0 aromatic heterocycles. The molecule has 2 heteroatoms. The summed E-state index contributed by atoms with van der Waals surface area (Å²) in [7, 11) is 0. The van der Waals surface area contributed by atoms with Crippen LogP contribution in [0.2, 0.25) is 0 Å². The lowest BCUT2D eigenvalue weighted by molar-refractivity contribution is -0.139. The fourth-order valence-electron chi connectivity index (χ4n) is 2.45. The topological polar surface area (TPSA) is 37.3 Å². The maximum atomic E-state index is 10.8. The summed E-state index contributed by atoms with van der Waals surface area (Å²) in [6, 6.07) is 6.71. The van der Waals surface area contributed by atoms with Gasteiger partial charge in [0.15, 0.2) is 0 Å². The Morgan fingerprint density at radius 1 is 1.16 bits per heavy atom. The van der Waals surface area contributed by atoms with Crippen molar-refractivity contribution >= 4 is 5.97 Å². The lowest BCUT2D eigenvalue weighted by atomic mass is 9.82. The van der Waals surface area contributed by atoms with Crippen molar-refractivity contribution in [2.75, 3.05) is 0 Å². The highest BCUT2D eigenvalue weighted by atomic mass is 16.4. The third-order valence-corrected chi connectivity index (χ3v) is 3.76. The zero-order valence-corrected chi connectivity index (χ0v) is 12.6. The van der Waals surface area contributed by atoms with Gasteiger partial charge >= 0.3 is 5.97 Å². The lowest BCUT2D eigenvalue weighted by Gasteiger charge is -2.23. The van der Waals surface area contributed by atoms with Gasteiger partial charge in [0, 0.05) is 0 Å². The fourth-order valence-corrected chi connectivity index (χ4v) is 2.45. The first kappa shape index (κ1) is 15.7. The van der Waals surface area contributed by atoms with Crippen molar-refractivity contribution in [1.82, 2.24) is 0 Å². The van der Waals surface area contributed by atoms with Gasteiger partial charge in [-0.15, -0.1) is 0 Å². The Bertz CT molecular complexity index is 433. The second-order valence-corrected chi connectivity index (χ2v) is 6.04. The largest absolute Gasteiger partial charge is 0.481 e. The number of benzene rings is 1. The van der Waals surface area contributed by atoms with Crippen molar-refractivity contribution in [2.45, 2.75) is 59.8 Å². The SMILES string of the molecule is CCc1ccc(CC)c(CCC(C)(C)CC(=O)O)c1. The molecule has 0 bridgehead atoms. The molecule has 0 unspecified atom stereocenters. The molecular formula is C17H26O2. The summed E-state index contributed by atoms with van der Waals surface area (Å²) >= 11 is 0. The summed E-state index contributed by atoms with van der Waals surface area (Å²) in [6.45, 7) is 8.42. The van der Waals surface area contributed by atoms with Crippen molar-refractivity contribution in [2.24, 2.45) is 5.41 Å². The first-order valence-electron chi connectivity index (χ1n) is 7.20. The van der Waals surface area contributed by atoms with E-state index in [0.29, 0.717) is 0 Å². The number of hydrogen-bond acceptors (Lipinski definition) is 1. The molecule has 0 aliphatic carbocycles. The van der Waals surface area contributed by atoms with E-state index in [2.05, 4.69) is 32.0 Å². The van der Waals surface area contributed by atoms with E-state index in [1.54, 1.807) is 0 Å². The highest BCUT2D eigenvalue weighted by Gasteiger charge is 2.21. The van der Waals surface area contributed by atoms with Crippen LogP contribution in [0.15, 0.2) is 18.2 Å². The van der Waals surface area contributed by atoms with Crippen molar-refractivity contribution in [3.63, 3.8) is 0 Å². The fraction of sp³-hybridized carbons (Fsp3) is 0.588. The first-order chi connectivity index (χ1) is 8.88. The van der Waals surface area contributed by atoms with E-state index in [4.69, 9.17) is 5.11 Å². The highest BCUT2D eigenvalue weighted by Crippen LogP contribution is 2.28. The molecule has 0 spiro atoms. The van der Waals surface area contributed by atoms with Crippen LogP contribution < -0.4 is 0 Å². The van der Waals surface area contributed by atoms with Crippen molar-refractivity contribution < 1.29 is 9.90 Å². The van der Waals surface area contributed by atoms with Crippen molar-refractivity contribution in [3.8, 4) is 0 Å². The third-order valence-electron chi connectivity index (χ3n) is 3.76. The van der Waals surface area contributed by atoms with E-state index >= 15 is 0 Å². The molecule has 19 heavy (non-hydrogen) atoms. The van der Waals surface area contributed by atoms with Gasteiger partial charge in [-0.25, -0.2) is 0 Å². The van der Waals surface area contributed by atoms with Crippen LogP contribution in [0.5, 0.6) is 0 Å². The molecule has 0 aliphatic rings.